The smallest absolute Gasteiger partial charge is 0.0163 e. The summed E-state index contributed by atoms with van der Waals surface area (Å²) in [6.07, 6.45) is 3.80. The molecule has 51 heavy (non-hydrogen) atoms. The van der Waals surface area contributed by atoms with E-state index in [1.165, 1.54) is 49.4 Å². The van der Waals surface area contributed by atoms with Crippen LogP contribution < -0.4 is 0 Å². The van der Waals surface area contributed by atoms with Gasteiger partial charge in [0, 0.05) is 32.5 Å². The van der Waals surface area contributed by atoms with Gasteiger partial charge in [0.25, 0.3) is 0 Å². The first kappa shape index (κ1) is 37.8. The van der Waals surface area contributed by atoms with Crippen molar-refractivity contribution in [2.75, 3.05) is 0 Å². The van der Waals surface area contributed by atoms with Crippen LogP contribution in [-0.4, -0.2) is 9.97 Å². The van der Waals surface area contributed by atoms with Crippen molar-refractivity contribution in [3.63, 3.8) is 0 Å². The van der Waals surface area contributed by atoms with Crippen LogP contribution in [0.1, 0.15) is 79.0 Å². The zero-order valence-corrected chi connectivity index (χ0v) is 33.7. The fraction of sp³-hybridized carbons (Fsp3) is 0.250. The first-order valence-corrected chi connectivity index (χ1v) is 17.6. The predicted molar refractivity (Wildman–Crippen MR) is 214 cm³/mol. The maximum absolute atomic E-state index is 4.64. The van der Waals surface area contributed by atoms with Crippen LogP contribution in [0.4, 0.5) is 0 Å². The maximum Gasteiger partial charge on any atom is 0.0163 e. The molecule has 3 heteroatoms. The predicted octanol–water partition coefficient (Wildman–Crippen LogP) is 13.0. The van der Waals surface area contributed by atoms with Crippen molar-refractivity contribution in [3.05, 3.63) is 156 Å². The molecule has 0 fully saturated rings. The summed E-state index contributed by atoms with van der Waals surface area (Å²) >= 11 is 0. The SMILES string of the molecule is CC(C)(C)c1cc[c-]c(-c2cc(C(C)(C)C)ccn2)c1.CC(C)(C)c1ccnc(-c2[c-]cc3c(c2)cc(-c2ccccc2)c2ccccc23)c1.[Ir]. The summed E-state index contributed by atoms with van der Waals surface area (Å²) in [7, 11) is 0. The third-order valence-corrected chi connectivity index (χ3v) is 9.35. The molecule has 7 rings (SSSR count). The Balaban J connectivity index is 0.000000211. The van der Waals surface area contributed by atoms with Gasteiger partial charge in [-0.3, -0.25) is 0 Å². The summed E-state index contributed by atoms with van der Waals surface area (Å²) < 4.78 is 0. The van der Waals surface area contributed by atoms with Gasteiger partial charge >= 0.3 is 0 Å². The zero-order valence-electron chi connectivity index (χ0n) is 31.4. The molecular formula is C48H48IrN2-2. The summed E-state index contributed by atoms with van der Waals surface area (Å²) in [6.45, 7) is 20.0. The quantitative estimate of drug-likeness (QED) is 0.131. The van der Waals surface area contributed by atoms with Gasteiger partial charge in [-0.2, -0.15) is 0 Å². The van der Waals surface area contributed by atoms with Crippen molar-refractivity contribution in [3.8, 4) is 33.6 Å². The van der Waals surface area contributed by atoms with Crippen molar-refractivity contribution >= 4 is 21.5 Å². The maximum atomic E-state index is 4.64. The van der Waals surface area contributed by atoms with Crippen molar-refractivity contribution < 1.29 is 20.1 Å². The molecule has 0 atom stereocenters. The molecule has 2 aromatic heterocycles. The fourth-order valence-corrected chi connectivity index (χ4v) is 6.22. The molecular weight excluding hydrogens is 797 g/mol. The number of hydrogen-bond donors (Lipinski definition) is 0. The Labute approximate surface area is 318 Å². The van der Waals surface area contributed by atoms with E-state index in [-0.39, 0.29) is 36.4 Å². The molecule has 2 nitrogen and oxygen atoms in total. The largest absolute Gasteiger partial charge is 0.305 e. The van der Waals surface area contributed by atoms with Crippen molar-refractivity contribution in [1.29, 1.82) is 0 Å². The van der Waals surface area contributed by atoms with Crippen LogP contribution >= 0.6 is 0 Å². The normalized spacial score (nSPS) is 11.9. The van der Waals surface area contributed by atoms with Gasteiger partial charge < -0.3 is 9.97 Å². The summed E-state index contributed by atoms with van der Waals surface area (Å²) in [5.41, 5.74) is 10.8. The molecule has 2 heterocycles. The molecule has 0 aliphatic rings. The van der Waals surface area contributed by atoms with Gasteiger partial charge in [-0.1, -0.05) is 151 Å². The van der Waals surface area contributed by atoms with Crippen LogP contribution in [0.25, 0.3) is 55.2 Å². The number of benzene rings is 5. The number of pyridine rings is 2. The van der Waals surface area contributed by atoms with E-state index in [0.29, 0.717) is 0 Å². The Kier molecular flexibility index (Phi) is 11.2. The molecule has 7 aromatic rings. The monoisotopic (exact) mass is 845 g/mol. The van der Waals surface area contributed by atoms with Gasteiger partial charge in [0.2, 0.25) is 0 Å². The third kappa shape index (κ3) is 8.73. The Morgan fingerprint density at radius 1 is 0.471 bits per heavy atom. The minimum absolute atomic E-state index is 0. The van der Waals surface area contributed by atoms with Crippen molar-refractivity contribution in [2.24, 2.45) is 0 Å². The second-order valence-corrected chi connectivity index (χ2v) is 16.3. The van der Waals surface area contributed by atoms with Crippen LogP contribution in [-0.2, 0) is 36.4 Å². The van der Waals surface area contributed by atoms with Gasteiger partial charge in [-0.15, -0.1) is 59.2 Å². The number of rotatable bonds is 3. The summed E-state index contributed by atoms with van der Waals surface area (Å²) in [5, 5.41) is 4.96. The number of fused-ring (bicyclic) bond motifs is 3. The van der Waals surface area contributed by atoms with Crippen LogP contribution in [0, 0.1) is 12.1 Å². The molecule has 0 aliphatic carbocycles. The second-order valence-electron chi connectivity index (χ2n) is 16.3. The number of aromatic nitrogens is 2. The van der Waals surface area contributed by atoms with E-state index < -0.39 is 0 Å². The molecule has 0 spiro atoms. The van der Waals surface area contributed by atoms with Crippen molar-refractivity contribution in [1.82, 2.24) is 9.97 Å². The minimum atomic E-state index is 0. The van der Waals surface area contributed by atoms with E-state index in [2.05, 4.69) is 194 Å². The molecule has 0 saturated carbocycles. The van der Waals surface area contributed by atoms with E-state index in [1.54, 1.807) is 0 Å². The molecule has 0 saturated heterocycles. The van der Waals surface area contributed by atoms with Gasteiger partial charge in [-0.25, -0.2) is 0 Å². The number of hydrogen-bond acceptors (Lipinski definition) is 2. The Morgan fingerprint density at radius 2 is 0.980 bits per heavy atom. The van der Waals surface area contributed by atoms with Gasteiger partial charge in [0.1, 0.15) is 0 Å². The summed E-state index contributed by atoms with van der Waals surface area (Å²) in [4.78, 5) is 9.16. The van der Waals surface area contributed by atoms with E-state index in [0.717, 1.165) is 22.5 Å². The molecule has 0 bridgehead atoms. The first-order valence-electron chi connectivity index (χ1n) is 17.6. The first-order chi connectivity index (χ1) is 23.7. The Bertz CT molecular complexity index is 2210. The van der Waals surface area contributed by atoms with Crippen LogP contribution in [0.3, 0.4) is 0 Å². The molecule has 0 amide bonds. The molecule has 0 unspecified atom stereocenters. The van der Waals surface area contributed by atoms with Gasteiger partial charge in [-0.05, 0) is 67.4 Å². The van der Waals surface area contributed by atoms with E-state index in [1.807, 2.05) is 18.5 Å². The van der Waals surface area contributed by atoms with Crippen LogP contribution in [0.5, 0.6) is 0 Å². The molecule has 1 radical (unpaired) electrons. The summed E-state index contributed by atoms with van der Waals surface area (Å²) in [5.74, 6) is 0. The van der Waals surface area contributed by atoms with Crippen molar-refractivity contribution in [2.45, 2.75) is 78.6 Å². The molecule has 5 aromatic carbocycles. The van der Waals surface area contributed by atoms with Crippen LogP contribution in [0.15, 0.2) is 128 Å². The number of nitrogens with zero attached hydrogens (tertiary/aromatic N) is 2. The van der Waals surface area contributed by atoms with E-state index >= 15 is 0 Å². The average molecular weight is 845 g/mol. The molecule has 261 valence electrons. The van der Waals surface area contributed by atoms with Gasteiger partial charge in [0.15, 0.2) is 0 Å². The Morgan fingerprint density at radius 3 is 1.55 bits per heavy atom. The average Bonchev–Trinajstić information content (AvgIpc) is 3.11. The topological polar surface area (TPSA) is 25.8 Å². The van der Waals surface area contributed by atoms with Crippen LogP contribution in [0.2, 0.25) is 0 Å². The van der Waals surface area contributed by atoms with E-state index in [9.17, 15) is 0 Å². The Hall–Kier alpha value is -4.43. The van der Waals surface area contributed by atoms with Gasteiger partial charge in [0.05, 0.1) is 0 Å². The third-order valence-electron chi connectivity index (χ3n) is 9.35. The zero-order chi connectivity index (χ0) is 35.7. The standard InChI is InChI=1S/C29H24N.C19H24N.Ir/c1-29(2,3)23-15-16-30-28(19-23)21-13-14-24-22(17-21)18-27(20-9-5-4-6-10-20)26-12-8-7-11-25(24)26;1-18(2,3)15-9-7-8-14(12-15)17-13-16(10-11-20-17)19(4,5)6;/h4-12,14-19H,1-3H3;7,9-13H,1-6H3;/q2*-1;. The fourth-order valence-electron chi connectivity index (χ4n) is 6.22. The summed E-state index contributed by atoms with van der Waals surface area (Å²) in [6, 6.07) is 47.6. The van der Waals surface area contributed by atoms with E-state index in [4.69, 9.17) is 0 Å². The molecule has 0 aliphatic heterocycles. The minimum Gasteiger partial charge on any atom is -0.305 e. The second kappa shape index (κ2) is 15.0. The molecule has 0 N–H and O–H groups in total.